The number of hydrogen-bond acceptors (Lipinski definition) is 3. The first-order chi connectivity index (χ1) is 8.20. The van der Waals surface area contributed by atoms with Gasteiger partial charge in [0.2, 0.25) is 0 Å². The highest BCUT2D eigenvalue weighted by molar-refractivity contribution is 6.31. The van der Waals surface area contributed by atoms with Gasteiger partial charge < -0.3 is 5.32 Å². The Morgan fingerprint density at radius 2 is 2.18 bits per heavy atom. The van der Waals surface area contributed by atoms with Crippen LogP contribution in [0.15, 0.2) is 6.20 Å². The number of aromatic nitrogens is 2. The third-order valence-corrected chi connectivity index (χ3v) is 3.90. The van der Waals surface area contributed by atoms with Crippen LogP contribution in [0.25, 0.3) is 0 Å². The van der Waals surface area contributed by atoms with Gasteiger partial charge in [-0.1, -0.05) is 11.6 Å². The lowest BCUT2D eigenvalue weighted by molar-refractivity contribution is 0.173. The number of nitrogens with zero attached hydrogens (tertiary/aromatic N) is 3. The van der Waals surface area contributed by atoms with Gasteiger partial charge >= 0.3 is 0 Å². The monoisotopic (exact) mass is 256 g/mol. The Labute approximate surface area is 108 Å². The van der Waals surface area contributed by atoms with Crippen LogP contribution < -0.4 is 5.32 Å². The summed E-state index contributed by atoms with van der Waals surface area (Å²) in [5, 5.41) is 8.22. The first-order valence-corrected chi connectivity index (χ1v) is 6.62. The van der Waals surface area contributed by atoms with E-state index >= 15 is 0 Å². The van der Waals surface area contributed by atoms with Gasteiger partial charge in [0, 0.05) is 13.6 Å². The summed E-state index contributed by atoms with van der Waals surface area (Å²) in [5.41, 5.74) is 1.12. The van der Waals surface area contributed by atoms with Gasteiger partial charge in [-0.3, -0.25) is 9.58 Å². The highest BCUT2D eigenvalue weighted by atomic mass is 35.5. The fourth-order valence-electron chi connectivity index (χ4n) is 2.46. The molecule has 0 spiro atoms. The molecule has 1 saturated heterocycles. The number of nitrogens with one attached hydrogen (secondary N) is 1. The molecule has 1 aromatic heterocycles. The maximum absolute atomic E-state index is 6.12. The molecule has 0 radical (unpaired) electrons. The van der Waals surface area contributed by atoms with Crippen molar-refractivity contribution in [2.45, 2.75) is 19.4 Å². The second-order valence-electron chi connectivity index (χ2n) is 4.84. The molecule has 0 atom stereocenters. The van der Waals surface area contributed by atoms with E-state index in [-0.39, 0.29) is 0 Å². The normalized spacial score (nSPS) is 18.8. The zero-order chi connectivity index (χ0) is 12.3. The topological polar surface area (TPSA) is 33.1 Å². The Hall–Kier alpha value is -0.580. The smallest absolute Gasteiger partial charge is 0.0831 e. The van der Waals surface area contributed by atoms with Gasteiger partial charge in [0.05, 0.1) is 16.9 Å². The molecule has 4 nitrogen and oxygen atoms in total. The third kappa shape index (κ3) is 3.21. The van der Waals surface area contributed by atoms with Gasteiger partial charge in [0.1, 0.15) is 0 Å². The fourth-order valence-corrected chi connectivity index (χ4v) is 2.69. The Bertz CT molecular complexity index is 336. The highest BCUT2D eigenvalue weighted by Crippen LogP contribution is 2.21. The fraction of sp³-hybridized carbons (Fsp3) is 0.750. The van der Waals surface area contributed by atoms with E-state index in [4.69, 9.17) is 11.6 Å². The summed E-state index contributed by atoms with van der Waals surface area (Å²) in [4.78, 5) is 2.47. The Kier molecular flexibility index (Phi) is 4.42. The molecule has 17 heavy (non-hydrogen) atoms. The molecule has 0 saturated carbocycles. The molecular weight excluding hydrogens is 236 g/mol. The molecule has 1 aromatic rings. The summed E-state index contributed by atoms with van der Waals surface area (Å²) in [6, 6.07) is 0. The van der Waals surface area contributed by atoms with Crippen molar-refractivity contribution in [1.82, 2.24) is 20.0 Å². The first kappa shape index (κ1) is 12.9. The summed E-state index contributed by atoms with van der Waals surface area (Å²) < 4.78 is 1.88. The summed E-state index contributed by atoms with van der Waals surface area (Å²) in [5.74, 6) is 0.832. The van der Waals surface area contributed by atoms with Crippen molar-refractivity contribution in [3.8, 4) is 0 Å². The van der Waals surface area contributed by atoms with Crippen molar-refractivity contribution in [3.63, 3.8) is 0 Å². The standard InChI is InChI=1S/C12H21ClN4/c1-14-7-10-3-5-17(6-4-10)9-12-11(13)8-15-16(12)2/h8,10,14H,3-7,9H2,1-2H3. The van der Waals surface area contributed by atoms with Gasteiger partial charge in [-0.25, -0.2) is 0 Å². The molecule has 2 rings (SSSR count). The second-order valence-corrected chi connectivity index (χ2v) is 5.25. The molecule has 96 valence electrons. The lowest BCUT2D eigenvalue weighted by Gasteiger charge is -2.31. The third-order valence-electron chi connectivity index (χ3n) is 3.58. The molecule has 0 aliphatic carbocycles. The lowest BCUT2D eigenvalue weighted by Crippen LogP contribution is -2.36. The molecule has 0 bridgehead atoms. The number of hydrogen-bond donors (Lipinski definition) is 1. The van der Waals surface area contributed by atoms with E-state index in [1.165, 1.54) is 12.8 Å². The Balaban J connectivity index is 1.86. The van der Waals surface area contributed by atoms with E-state index in [1.807, 2.05) is 18.8 Å². The molecule has 0 unspecified atom stereocenters. The van der Waals surface area contributed by atoms with Crippen LogP contribution in [-0.2, 0) is 13.6 Å². The van der Waals surface area contributed by atoms with E-state index in [0.29, 0.717) is 0 Å². The van der Waals surface area contributed by atoms with Crippen molar-refractivity contribution >= 4 is 11.6 Å². The van der Waals surface area contributed by atoms with Gasteiger partial charge in [-0.15, -0.1) is 0 Å². The quantitative estimate of drug-likeness (QED) is 0.887. The first-order valence-electron chi connectivity index (χ1n) is 6.24. The van der Waals surface area contributed by atoms with E-state index in [1.54, 1.807) is 6.20 Å². The predicted octanol–water partition coefficient (Wildman–Crippen LogP) is 1.50. The molecule has 0 amide bonds. The zero-order valence-electron chi connectivity index (χ0n) is 10.6. The van der Waals surface area contributed by atoms with Crippen molar-refractivity contribution in [1.29, 1.82) is 0 Å². The number of rotatable bonds is 4. The largest absolute Gasteiger partial charge is 0.319 e. The Morgan fingerprint density at radius 1 is 1.47 bits per heavy atom. The molecule has 1 aliphatic rings. The summed E-state index contributed by atoms with van der Waals surface area (Å²) >= 11 is 6.12. The minimum absolute atomic E-state index is 0.782. The maximum Gasteiger partial charge on any atom is 0.0831 e. The maximum atomic E-state index is 6.12. The van der Waals surface area contributed by atoms with Crippen molar-refractivity contribution in [2.75, 3.05) is 26.7 Å². The Morgan fingerprint density at radius 3 is 2.71 bits per heavy atom. The number of aryl methyl sites for hydroxylation is 1. The van der Waals surface area contributed by atoms with E-state index in [2.05, 4.69) is 15.3 Å². The van der Waals surface area contributed by atoms with Crippen LogP contribution >= 0.6 is 11.6 Å². The van der Waals surface area contributed by atoms with Gasteiger partial charge in [-0.2, -0.15) is 5.10 Å². The van der Waals surface area contributed by atoms with Crippen LogP contribution in [0.5, 0.6) is 0 Å². The highest BCUT2D eigenvalue weighted by Gasteiger charge is 2.20. The zero-order valence-corrected chi connectivity index (χ0v) is 11.4. The van der Waals surface area contributed by atoms with E-state index in [0.717, 1.165) is 42.8 Å². The van der Waals surface area contributed by atoms with E-state index < -0.39 is 0 Å². The molecular formula is C12H21ClN4. The minimum atomic E-state index is 0.782. The van der Waals surface area contributed by atoms with Gasteiger partial charge in [-0.05, 0) is 45.4 Å². The van der Waals surface area contributed by atoms with Crippen molar-refractivity contribution < 1.29 is 0 Å². The van der Waals surface area contributed by atoms with Crippen molar-refractivity contribution in [3.05, 3.63) is 16.9 Å². The molecule has 5 heteroatoms. The van der Waals surface area contributed by atoms with Gasteiger partial charge in [0.25, 0.3) is 0 Å². The summed E-state index contributed by atoms with van der Waals surface area (Å²) in [7, 11) is 3.98. The minimum Gasteiger partial charge on any atom is -0.319 e. The molecule has 2 heterocycles. The number of piperidine rings is 1. The van der Waals surface area contributed by atoms with Crippen LogP contribution in [0.4, 0.5) is 0 Å². The SMILES string of the molecule is CNCC1CCN(Cc2c(Cl)cnn2C)CC1. The van der Waals surface area contributed by atoms with Crippen molar-refractivity contribution in [2.24, 2.45) is 13.0 Å². The lowest BCUT2D eigenvalue weighted by atomic mass is 9.97. The molecule has 0 aromatic carbocycles. The molecule has 1 aliphatic heterocycles. The average molecular weight is 257 g/mol. The predicted molar refractivity (Wildman–Crippen MR) is 70.1 cm³/mol. The van der Waals surface area contributed by atoms with E-state index in [9.17, 15) is 0 Å². The van der Waals surface area contributed by atoms with Crippen LogP contribution in [0.3, 0.4) is 0 Å². The van der Waals surface area contributed by atoms with Gasteiger partial charge in [0.15, 0.2) is 0 Å². The molecule has 1 fully saturated rings. The summed E-state index contributed by atoms with van der Waals surface area (Å²) in [6.45, 7) is 4.38. The number of likely N-dealkylation sites (tertiary alicyclic amines) is 1. The molecule has 1 N–H and O–H groups in total. The van der Waals surface area contributed by atoms with Crippen LogP contribution in [0, 0.1) is 5.92 Å². The van der Waals surface area contributed by atoms with Crippen LogP contribution in [0.2, 0.25) is 5.02 Å². The number of halogens is 1. The average Bonchev–Trinajstić information content (AvgIpc) is 2.64. The van der Waals surface area contributed by atoms with Crippen LogP contribution in [0.1, 0.15) is 18.5 Å². The summed E-state index contributed by atoms with van der Waals surface area (Å²) in [6.07, 6.45) is 4.28. The van der Waals surface area contributed by atoms with Crippen LogP contribution in [-0.4, -0.2) is 41.4 Å². The second kappa shape index (κ2) is 5.85.